The molecular formula is C25H22BrN3O4. The number of hydrogen-bond acceptors (Lipinski definition) is 4. The van der Waals surface area contributed by atoms with Crippen LogP contribution in [0.1, 0.15) is 50.2 Å². The van der Waals surface area contributed by atoms with Gasteiger partial charge in [-0.05, 0) is 67.8 Å². The molecule has 1 aromatic heterocycles. The first-order chi connectivity index (χ1) is 15.7. The molecule has 33 heavy (non-hydrogen) atoms. The molecular weight excluding hydrogens is 486 g/mol. The monoisotopic (exact) mass is 507 g/mol. The van der Waals surface area contributed by atoms with Crippen molar-refractivity contribution in [2.24, 2.45) is 0 Å². The van der Waals surface area contributed by atoms with Gasteiger partial charge in [-0.15, -0.1) is 0 Å². The standard InChI is InChI=1S/C25H22BrN3O4/c1-13-22(14(2)30)21(12-19-18-11-16(26)5-8-20(18)29-24(19)32)28-23(13)25(33)27-10-9-15-3-6-17(31)7-4-15/h3-8,11-12,28,31H,9-10H2,1-2H3,(H,27,33)(H,29,32)/b19-12-. The molecule has 4 N–H and O–H groups in total. The lowest BCUT2D eigenvalue weighted by atomic mass is 10.0. The van der Waals surface area contributed by atoms with E-state index in [1.165, 1.54) is 6.92 Å². The van der Waals surface area contributed by atoms with Crippen molar-refractivity contribution in [3.05, 3.63) is 80.6 Å². The quantitative estimate of drug-likeness (QED) is 0.291. The number of halogens is 1. The molecule has 0 spiro atoms. The van der Waals surface area contributed by atoms with Gasteiger partial charge in [0.05, 0.1) is 11.3 Å². The summed E-state index contributed by atoms with van der Waals surface area (Å²) in [6.07, 6.45) is 2.21. The highest BCUT2D eigenvalue weighted by Crippen LogP contribution is 2.35. The van der Waals surface area contributed by atoms with E-state index in [0.717, 1.165) is 15.6 Å². The molecule has 7 nitrogen and oxygen atoms in total. The molecule has 0 atom stereocenters. The summed E-state index contributed by atoms with van der Waals surface area (Å²) in [4.78, 5) is 40.8. The zero-order valence-electron chi connectivity index (χ0n) is 18.1. The fourth-order valence-corrected chi connectivity index (χ4v) is 4.29. The lowest BCUT2D eigenvalue weighted by molar-refractivity contribution is -0.110. The Hall–Kier alpha value is -3.65. The second-order valence-corrected chi connectivity index (χ2v) is 8.76. The predicted molar refractivity (Wildman–Crippen MR) is 130 cm³/mol. The van der Waals surface area contributed by atoms with E-state index >= 15 is 0 Å². The predicted octanol–water partition coefficient (Wildman–Crippen LogP) is 4.46. The number of hydrogen-bond donors (Lipinski definition) is 4. The lowest BCUT2D eigenvalue weighted by Crippen LogP contribution is -2.26. The summed E-state index contributed by atoms with van der Waals surface area (Å²) in [7, 11) is 0. The highest BCUT2D eigenvalue weighted by Gasteiger charge is 2.27. The second kappa shape index (κ2) is 9.07. The maximum atomic E-state index is 12.8. The number of amides is 2. The summed E-state index contributed by atoms with van der Waals surface area (Å²) in [5, 5.41) is 15.0. The normalized spacial score (nSPS) is 13.7. The van der Waals surface area contributed by atoms with Gasteiger partial charge < -0.3 is 20.7 Å². The number of carbonyl (C=O) groups is 3. The Bertz CT molecular complexity index is 1310. The van der Waals surface area contributed by atoms with Gasteiger partial charge >= 0.3 is 0 Å². The molecule has 0 aliphatic carbocycles. The number of aromatic amines is 1. The summed E-state index contributed by atoms with van der Waals surface area (Å²) in [6, 6.07) is 12.3. The van der Waals surface area contributed by atoms with Crippen molar-refractivity contribution in [3.63, 3.8) is 0 Å². The molecule has 0 radical (unpaired) electrons. The number of Topliss-reactive ketones (excluding diaryl/α,β-unsaturated/α-hetero) is 1. The number of benzene rings is 2. The maximum Gasteiger partial charge on any atom is 0.268 e. The molecule has 2 heterocycles. The zero-order valence-corrected chi connectivity index (χ0v) is 19.7. The number of fused-ring (bicyclic) bond motifs is 1. The molecule has 0 fully saturated rings. The van der Waals surface area contributed by atoms with E-state index < -0.39 is 0 Å². The molecule has 2 aromatic carbocycles. The number of phenolic OH excluding ortho intramolecular Hbond substituents is 1. The number of nitrogens with one attached hydrogen (secondary N) is 3. The third-order valence-electron chi connectivity index (χ3n) is 5.55. The van der Waals surface area contributed by atoms with E-state index in [-0.39, 0.29) is 29.0 Å². The smallest absolute Gasteiger partial charge is 0.268 e. The van der Waals surface area contributed by atoms with Gasteiger partial charge in [-0.2, -0.15) is 0 Å². The summed E-state index contributed by atoms with van der Waals surface area (Å²) in [6.45, 7) is 3.53. The Kier molecular flexibility index (Phi) is 6.20. The van der Waals surface area contributed by atoms with Crippen LogP contribution in [-0.4, -0.2) is 34.2 Å². The van der Waals surface area contributed by atoms with E-state index in [1.54, 1.807) is 43.3 Å². The Morgan fingerprint density at radius 2 is 1.88 bits per heavy atom. The third-order valence-corrected chi connectivity index (χ3v) is 6.04. The van der Waals surface area contributed by atoms with Gasteiger partial charge in [0.15, 0.2) is 5.78 Å². The molecule has 0 unspecified atom stereocenters. The van der Waals surface area contributed by atoms with E-state index in [0.29, 0.717) is 41.0 Å². The van der Waals surface area contributed by atoms with Crippen LogP contribution in [0.3, 0.4) is 0 Å². The van der Waals surface area contributed by atoms with Crippen LogP contribution in [0.25, 0.3) is 11.6 Å². The molecule has 8 heteroatoms. The Balaban J connectivity index is 1.61. The number of aromatic hydroxyl groups is 1. The SMILES string of the molecule is CC(=O)c1c(/C=C2\C(=O)Nc3ccc(Br)cc32)[nH]c(C(=O)NCCc2ccc(O)cc2)c1C. The van der Waals surface area contributed by atoms with Crippen LogP contribution in [0.2, 0.25) is 0 Å². The van der Waals surface area contributed by atoms with E-state index in [4.69, 9.17) is 0 Å². The number of carbonyl (C=O) groups excluding carboxylic acids is 3. The lowest BCUT2D eigenvalue weighted by Gasteiger charge is -2.05. The second-order valence-electron chi connectivity index (χ2n) is 7.84. The van der Waals surface area contributed by atoms with E-state index in [9.17, 15) is 19.5 Å². The van der Waals surface area contributed by atoms with Gasteiger partial charge in [0.2, 0.25) is 0 Å². The minimum atomic E-state index is -0.336. The van der Waals surface area contributed by atoms with Crippen LogP contribution in [0.15, 0.2) is 46.9 Å². The van der Waals surface area contributed by atoms with Crippen molar-refractivity contribution in [2.75, 3.05) is 11.9 Å². The van der Waals surface area contributed by atoms with Gasteiger partial charge in [-0.25, -0.2) is 0 Å². The average molecular weight is 508 g/mol. The van der Waals surface area contributed by atoms with Crippen LogP contribution < -0.4 is 10.6 Å². The van der Waals surface area contributed by atoms with Crippen LogP contribution in [-0.2, 0) is 11.2 Å². The molecule has 3 aromatic rings. The molecule has 168 valence electrons. The van der Waals surface area contributed by atoms with Gasteiger partial charge in [0.1, 0.15) is 11.4 Å². The van der Waals surface area contributed by atoms with Gasteiger partial charge in [-0.3, -0.25) is 14.4 Å². The van der Waals surface area contributed by atoms with Crippen molar-refractivity contribution in [2.45, 2.75) is 20.3 Å². The summed E-state index contributed by atoms with van der Waals surface area (Å²) >= 11 is 3.42. The third kappa shape index (κ3) is 4.61. The fraction of sp³-hybridized carbons (Fsp3) is 0.160. The number of phenols is 1. The van der Waals surface area contributed by atoms with Gasteiger partial charge in [0, 0.05) is 27.8 Å². The number of rotatable bonds is 6. The van der Waals surface area contributed by atoms with Crippen molar-refractivity contribution >= 4 is 50.9 Å². The van der Waals surface area contributed by atoms with Crippen molar-refractivity contribution in [3.8, 4) is 5.75 Å². The van der Waals surface area contributed by atoms with Crippen LogP contribution in [0.4, 0.5) is 5.69 Å². The molecule has 4 rings (SSSR count). The minimum Gasteiger partial charge on any atom is -0.508 e. The highest BCUT2D eigenvalue weighted by molar-refractivity contribution is 9.10. The molecule has 0 bridgehead atoms. The first-order valence-electron chi connectivity index (χ1n) is 10.4. The Morgan fingerprint density at radius 3 is 2.58 bits per heavy atom. The van der Waals surface area contributed by atoms with Crippen molar-refractivity contribution < 1.29 is 19.5 Å². The minimum absolute atomic E-state index is 0.189. The molecule has 0 saturated carbocycles. The summed E-state index contributed by atoms with van der Waals surface area (Å²) < 4.78 is 0.826. The number of ketones is 1. The van der Waals surface area contributed by atoms with Crippen LogP contribution >= 0.6 is 15.9 Å². The van der Waals surface area contributed by atoms with E-state index in [1.807, 2.05) is 12.1 Å². The van der Waals surface area contributed by atoms with Crippen molar-refractivity contribution in [1.82, 2.24) is 10.3 Å². The fourth-order valence-electron chi connectivity index (χ4n) is 3.93. The first-order valence-corrected chi connectivity index (χ1v) is 11.2. The topological polar surface area (TPSA) is 111 Å². The summed E-state index contributed by atoms with van der Waals surface area (Å²) in [5.41, 5.74) is 4.40. The largest absolute Gasteiger partial charge is 0.508 e. The number of anilines is 1. The van der Waals surface area contributed by atoms with Crippen LogP contribution in [0.5, 0.6) is 5.75 Å². The number of H-pyrrole nitrogens is 1. The van der Waals surface area contributed by atoms with Crippen LogP contribution in [0, 0.1) is 6.92 Å². The number of aromatic nitrogens is 1. The highest BCUT2D eigenvalue weighted by atomic mass is 79.9. The Labute approximate surface area is 199 Å². The Morgan fingerprint density at radius 1 is 1.15 bits per heavy atom. The van der Waals surface area contributed by atoms with Gasteiger partial charge in [0.25, 0.3) is 11.8 Å². The first kappa shape index (κ1) is 22.5. The average Bonchev–Trinajstić information content (AvgIpc) is 3.26. The zero-order chi connectivity index (χ0) is 23.7. The molecule has 1 aliphatic heterocycles. The van der Waals surface area contributed by atoms with Gasteiger partial charge in [-0.1, -0.05) is 28.1 Å². The molecule has 2 amide bonds. The molecule has 1 aliphatic rings. The van der Waals surface area contributed by atoms with Crippen molar-refractivity contribution in [1.29, 1.82) is 0 Å². The van der Waals surface area contributed by atoms with E-state index in [2.05, 4.69) is 31.5 Å². The maximum absolute atomic E-state index is 12.8. The summed E-state index contributed by atoms with van der Waals surface area (Å²) in [5.74, 6) is -0.622. The molecule has 0 saturated heterocycles.